The molecule has 0 fully saturated rings. The topological polar surface area (TPSA) is 57.2 Å². The van der Waals surface area contributed by atoms with Gasteiger partial charge in [0.05, 0.1) is 0 Å². The molecule has 0 aromatic rings. The van der Waals surface area contributed by atoms with Crippen LogP contribution in [0.25, 0.3) is 0 Å². The van der Waals surface area contributed by atoms with Crippen molar-refractivity contribution in [2.24, 2.45) is 0 Å². The lowest BCUT2D eigenvalue weighted by atomic mass is 10.5. The second-order valence-corrected chi connectivity index (χ2v) is 3.58. The highest BCUT2D eigenvalue weighted by molar-refractivity contribution is 4.98. The summed E-state index contributed by atoms with van der Waals surface area (Å²) in [5, 5.41) is 8.06. The van der Waals surface area contributed by atoms with Crippen molar-refractivity contribution < 1.29 is 24.1 Å². The van der Waals surface area contributed by atoms with Gasteiger partial charge in [0.2, 0.25) is 0 Å². The lowest BCUT2D eigenvalue weighted by Gasteiger charge is -1.79. The number of rotatable bonds is 4. The Labute approximate surface area is 154 Å². The highest BCUT2D eigenvalue weighted by atomic mass is 16.5. The number of aliphatic hydroxyl groups is 1. The standard InChI is InChI=1S/C6H10O.C5H8O2.C5H8O.C4H6O/c1-3-4-5-6-7-2;1-7-5-3-2-4-6;1-3-4-5-6-2;1-3-4-5-2/h3,6H2,1-2H3;6H,4-5H2,1H3;5H2,1-2H3;1H,4H2,2H3. The third-order valence-electron chi connectivity index (χ3n) is 1.56. The molecule has 0 aromatic heterocycles. The van der Waals surface area contributed by atoms with Gasteiger partial charge in [-0.15, -0.1) is 18.3 Å². The second kappa shape index (κ2) is 43.1. The molecule has 0 bridgehead atoms. The minimum atomic E-state index is -0.0800. The Morgan fingerprint density at radius 1 is 0.720 bits per heavy atom. The van der Waals surface area contributed by atoms with E-state index in [2.05, 4.69) is 60.4 Å². The van der Waals surface area contributed by atoms with E-state index >= 15 is 0 Å². The van der Waals surface area contributed by atoms with E-state index in [-0.39, 0.29) is 6.61 Å². The van der Waals surface area contributed by atoms with Gasteiger partial charge < -0.3 is 24.1 Å². The number of ether oxygens (including phenoxy) is 4. The van der Waals surface area contributed by atoms with E-state index in [0.29, 0.717) is 26.4 Å². The van der Waals surface area contributed by atoms with Crippen LogP contribution in [0.5, 0.6) is 0 Å². The van der Waals surface area contributed by atoms with Gasteiger partial charge in [-0.1, -0.05) is 36.5 Å². The Morgan fingerprint density at radius 2 is 1.16 bits per heavy atom. The van der Waals surface area contributed by atoms with Crippen LogP contribution in [-0.2, 0) is 18.9 Å². The minimum Gasteiger partial charge on any atom is -0.384 e. The molecule has 0 aromatic carbocycles. The van der Waals surface area contributed by atoms with Crippen LogP contribution in [0.4, 0.5) is 0 Å². The quantitative estimate of drug-likeness (QED) is 0.779. The largest absolute Gasteiger partial charge is 0.384 e. The Balaban J connectivity index is -0.000000119. The van der Waals surface area contributed by atoms with Gasteiger partial charge in [-0.25, -0.2) is 0 Å². The second-order valence-electron chi connectivity index (χ2n) is 3.58. The lowest BCUT2D eigenvalue weighted by Crippen LogP contribution is -1.81. The van der Waals surface area contributed by atoms with Crippen LogP contribution in [-0.4, -0.2) is 66.6 Å². The van der Waals surface area contributed by atoms with Crippen LogP contribution in [0.1, 0.15) is 20.3 Å². The molecular formula is C20H32O5. The monoisotopic (exact) mass is 352 g/mol. The first kappa shape index (κ1) is 30.9. The van der Waals surface area contributed by atoms with Crippen LogP contribution < -0.4 is 0 Å². The zero-order valence-corrected chi connectivity index (χ0v) is 16.4. The molecule has 0 saturated carbocycles. The molecule has 0 radical (unpaired) electrons. The average molecular weight is 352 g/mol. The Kier molecular flexibility index (Phi) is 53.3. The molecule has 25 heavy (non-hydrogen) atoms. The smallest absolute Gasteiger partial charge is 0.107 e. The molecule has 0 unspecified atom stereocenters. The minimum absolute atomic E-state index is 0.0800. The van der Waals surface area contributed by atoms with E-state index < -0.39 is 0 Å². The van der Waals surface area contributed by atoms with Crippen molar-refractivity contribution in [3.63, 3.8) is 0 Å². The summed E-state index contributed by atoms with van der Waals surface area (Å²) >= 11 is 0. The molecule has 0 saturated heterocycles. The normalized spacial score (nSPS) is 6.80. The summed E-state index contributed by atoms with van der Waals surface area (Å²) in [5.74, 6) is 18.4. The zero-order chi connectivity index (χ0) is 20.0. The fraction of sp³-hybridized carbons (Fsp3) is 0.600. The van der Waals surface area contributed by atoms with Crippen molar-refractivity contribution in [1.29, 1.82) is 0 Å². The first-order valence-corrected chi connectivity index (χ1v) is 7.47. The number of hydrogen-bond acceptors (Lipinski definition) is 5. The van der Waals surface area contributed by atoms with Crippen LogP contribution in [0.3, 0.4) is 0 Å². The number of terminal acetylenes is 1. The predicted molar refractivity (Wildman–Crippen MR) is 103 cm³/mol. The molecule has 0 aliphatic carbocycles. The summed E-state index contributed by atoms with van der Waals surface area (Å²) in [6.45, 7) is 5.66. The molecule has 0 heterocycles. The Bertz CT molecular complexity index is 408. The van der Waals surface area contributed by atoms with Gasteiger partial charge in [0.25, 0.3) is 0 Å². The van der Waals surface area contributed by atoms with Crippen molar-refractivity contribution in [2.45, 2.75) is 20.3 Å². The van der Waals surface area contributed by atoms with E-state index in [9.17, 15) is 0 Å². The van der Waals surface area contributed by atoms with Gasteiger partial charge in [-0.2, -0.15) is 0 Å². The van der Waals surface area contributed by atoms with E-state index in [1.165, 1.54) is 0 Å². The number of aliphatic hydroxyl groups excluding tert-OH is 1. The van der Waals surface area contributed by atoms with Crippen LogP contribution in [0.2, 0.25) is 0 Å². The molecule has 0 aliphatic rings. The molecule has 142 valence electrons. The van der Waals surface area contributed by atoms with Crippen molar-refractivity contribution in [3.8, 4) is 47.9 Å². The first-order valence-electron chi connectivity index (χ1n) is 7.47. The van der Waals surface area contributed by atoms with E-state index in [1.54, 1.807) is 35.4 Å². The SMILES string of the molecule is C#CCOC.CC#CCOC.CCC#CCOC.COCC#CCO. The molecule has 5 nitrogen and oxygen atoms in total. The maximum atomic E-state index is 8.06. The third-order valence-corrected chi connectivity index (χ3v) is 1.56. The lowest BCUT2D eigenvalue weighted by molar-refractivity contribution is 0.239. The van der Waals surface area contributed by atoms with Crippen LogP contribution in [0.15, 0.2) is 0 Å². The predicted octanol–water partition coefficient (Wildman–Crippen LogP) is 1.60. The maximum Gasteiger partial charge on any atom is 0.107 e. The molecular weight excluding hydrogens is 320 g/mol. The van der Waals surface area contributed by atoms with Crippen molar-refractivity contribution in [1.82, 2.24) is 0 Å². The Hall–Kier alpha value is -1.96. The van der Waals surface area contributed by atoms with Gasteiger partial charge in [-0.3, -0.25) is 0 Å². The molecule has 5 heteroatoms. The average Bonchev–Trinajstić information content (AvgIpc) is 2.63. The van der Waals surface area contributed by atoms with Crippen molar-refractivity contribution in [3.05, 3.63) is 0 Å². The Morgan fingerprint density at radius 3 is 1.40 bits per heavy atom. The summed E-state index contributed by atoms with van der Waals surface area (Å²) in [4.78, 5) is 0. The highest BCUT2D eigenvalue weighted by Gasteiger charge is 1.64. The summed E-state index contributed by atoms with van der Waals surface area (Å²) in [5.41, 5.74) is 0. The molecule has 0 spiro atoms. The van der Waals surface area contributed by atoms with Crippen LogP contribution in [0, 0.1) is 47.9 Å². The number of methoxy groups -OCH3 is 4. The van der Waals surface area contributed by atoms with Gasteiger partial charge in [-0.05, 0) is 6.92 Å². The van der Waals surface area contributed by atoms with E-state index in [4.69, 9.17) is 11.5 Å². The van der Waals surface area contributed by atoms with E-state index in [1.807, 2.05) is 6.92 Å². The van der Waals surface area contributed by atoms with Gasteiger partial charge >= 0.3 is 0 Å². The maximum absolute atomic E-state index is 8.06. The highest BCUT2D eigenvalue weighted by Crippen LogP contribution is 1.66. The van der Waals surface area contributed by atoms with Crippen molar-refractivity contribution in [2.75, 3.05) is 61.5 Å². The fourth-order valence-electron chi connectivity index (χ4n) is 0.655. The summed E-state index contributed by atoms with van der Waals surface area (Å²) in [6, 6.07) is 0. The van der Waals surface area contributed by atoms with E-state index in [0.717, 1.165) is 6.42 Å². The fourth-order valence-corrected chi connectivity index (χ4v) is 0.655. The van der Waals surface area contributed by atoms with Crippen molar-refractivity contribution >= 4 is 0 Å². The molecule has 0 amide bonds. The molecule has 0 rings (SSSR count). The van der Waals surface area contributed by atoms with Gasteiger partial charge in [0.15, 0.2) is 0 Å². The summed E-state index contributed by atoms with van der Waals surface area (Å²) in [6.07, 6.45) is 5.68. The van der Waals surface area contributed by atoms with Gasteiger partial charge in [0.1, 0.15) is 33.0 Å². The molecule has 0 atom stereocenters. The van der Waals surface area contributed by atoms with Crippen LogP contribution >= 0.6 is 0 Å². The first-order chi connectivity index (χ1) is 12.2. The summed E-state index contributed by atoms with van der Waals surface area (Å²) in [7, 11) is 6.40. The zero-order valence-electron chi connectivity index (χ0n) is 16.4. The summed E-state index contributed by atoms with van der Waals surface area (Å²) < 4.78 is 18.3. The van der Waals surface area contributed by atoms with Gasteiger partial charge in [0, 0.05) is 34.9 Å². The molecule has 1 N–H and O–H groups in total. The third kappa shape index (κ3) is 72.6. The number of hydrogen-bond donors (Lipinski definition) is 1. The molecule has 0 aliphatic heterocycles.